The average Bonchev–Trinajstić information content (AvgIpc) is 3.17. The van der Waals surface area contributed by atoms with E-state index in [2.05, 4.69) is 17.5 Å². The highest BCUT2D eigenvalue weighted by Gasteiger charge is 2.38. The zero-order valence-electron chi connectivity index (χ0n) is 11.8. The van der Waals surface area contributed by atoms with Gasteiger partial charge in [-0.1, -0.05) is 31.0 Å². The summed E-state index contributed by atoms with van der Waals surface area (Å²) in [6.45, 7) is 0.562. The maximum atomic E-state index is 5.81. The van der Waals surface area contributed by atoms with Gasteiger partial charge < -0.3 is 10.5 Å². The van der Waals surface area contributed by atoms with Crippen molar-refractivity contribution in [1.82, 2.24) is 4.98 Å². The van der Waals surface area contributed by atoms with Gasteiger partial charge in [0.15, 0.2) is 0 Å². The summed E-state index contributed by atoms with van der Waals surface area (Å²) < 4.78 is 5.81. The predicted molar refractivity (Wildman–Crippen MR) is 82.6 cm³/mol. The fraction of sp³-hybridized carbons (Fsp3) is 0.438. The number of hydrogen-bond acceptors (Lipinski definition) is 4. The van der Waals surface area contributed by atoms with Crippen LogP contribution in [-0.4, -0.2) is 12.1 Å². The Balaban J connectivity index is 1.93. The number of methoxy groups -OCH3 is 1. The molecule has 1 fully saturated rings. The van der Waals surface area contributed by atoms with Gasteiger partial charge in [-0.05, 0) is 24.5 Å². The van der Waals surface area contributed by atoms with E-state index in [1.54, 1.807) is 18.4 Å². The minimum Gasteiger partial charge on any atom is -0.371 e. The van der Waals surface area contributed by atoms with E-state index in [0.717, 1.165) is 34.7 Å². The normalized spacial score (nSPS) is 17.5. The first kappa shape index (κ1) is 13.7. The van der Waals surface area contributed by atoms with Gasteiger partial charge in [0.1, 0.15) is 10.6 Å². The van der Waals surface area contributed by atoms with Crippen LogP contribution in [0.3, 0.4) is 0 Å². The Bertz CT molecular complexity index is 588. The van der Waals surface area contributed by atoms with Gasteiger partial charge in [-0.25, -0.2) is 4.98 Å². The Hall–Kier alpha value is -1.23. The van der Waals surface area contributed by atoms with Gasteiger partial charge in [0, 0.05) is 24.6 Å². The highest BCUT2D eigenvalue weighted by atomic mass is 32.1. The van der Waals surface area contributed by atoms with Crippen LogP contribution in [0.2, 0.25) is 0 Å². The van der Waals surface area contributed by atoms with Crippen molar-refractivity contribution >= 4 is 11.3 Å². The van der Waals surface area contributed by atoms with Crippen molar-refractivity contribution in [2.45, 2.75) is 37.8 Å². The summed E-state index contributed by atoms with van der Waals surface area (Å²) in [5.74, 6) is 0. The third kappa shape index (κ3) is 2.39. The van der Waals surface area contributed by atoms with E-state index in [9.17, 15) is 0 Å². The maximum absolute atomic E-state index is 5.81. The number of ether oxygens (including phenoxy) is 1. The highest BCUT2D eigenvalue weighted by molar-refractivity contribution is 7.10. The number of rotatable bonds is 4. The lowest BCUT2D eigenvalue weighted by Crippen LogP contribution is -2.24. The van der Waals surface area contributed by atoms with Crippen LogP contribution < -0.4 is 5.73 Å². The molecule has 0 saturated heterocycles. The summed E-state index contributed by atoms with van der Waals surface area (Å²) in [4.78, 5) is 4.83. The van der Waals surface area contributed by atoms with Gasteiger partial charge in [0.2, 0.25) is 0 Å². The van der Waals surface area contributed by atoms with Crippen LogP contribution in [0, 0.1) is 0 Å². The number of nitrogens with two attached hydrogens (primary N) is 1. The van der Waals surface area contributed by atoms with Crippen LogP contribution in [0.4, 0.5) is 0 Å². The van der Waals surface area contributed by atoms with Crippen molar-refractivity contribution in [1.29, 1.82) is 0 Å². The van der Waals surface area contributed by atoms with Crippen molar-refractivity contribution in [3.05, 3.63) is 40.2 Å². The van der Waals surface area contributed by atoms with Crippen LogP contribution in [0.15, 0.2) is 29.6 Å². The molecule has 1 aliphatic carbocycles. The largest absolute Gasteiger partial charge is 0.371 e. The first-order valence-electron chi connectivity index (χ1n) is 7.08. The molecule has 1 aliphatic rings. The standard InChI is InChI=1S/C16H20N2OS/c1-19-16(7-2-3-8-16)15-18-14(11-20-15)13-6-4-5-12(9-13)10-17/h4-6,9,11H,2-3,7-8,10,17H2,1H3. The molecule has 3 rings (SSSR count). The molecule has 1 aromatic carbocycles. The van der Waals surface area contributed by atoms with Crippen LogP contribution in [0.1, 0.15) is 36.3 Å². The van der Waals surface area contributed by atoms with Crippen LogP contribution >= 0.6 is 11.3 Å². The number of benzene rings is 1. The molecule has 20 heavy (non-hydrogen) atoms. The first-order chi connectivity index (χ1) is 9.77. The zero-order valence-corrected chi connectivity index (χ0v) is 12.6. The third-order valence-corrected chi connectivity index (χ3v) is 5.18. The lowest BCUT2D eigenvalue weighted by atomic mass is 10.0. The molecule has 0 spiro atoms. The number of thiazole rings is 1. The first-order valence-corrected chi connectivity index (χ1v) is 7.96. The summed E-state index contributed by atoms with van der Waals surface area (Å²) in [5.41, 5.74) is 8.87. The Morgan fingerprint density at radius 3 is 2.85 bits per heavy atom. The Morgan fingerprint density at radius 1 is 1.35 bits per heavy atom. The SMILES string of the molecule is COC1(c2nc(-c3cccc(CN)c3)cs2)CCCC1. The van der Waals surface area contributed by atoms with Crippen LogP contribution in [0.5, 0.6) is 0 Å². The Kier molecular flexibility index (Phi) is 3.87. The third-order valence-electron chi connectivity index (χ3n) is 4.15. The molecule has 4 heteroatoms. The second kappa shape index (κ2) is 5.64. The van der Waals surface area contributed by atoms with Crippen molar-refractivity contribution in [3.8, 4) is 11.3 Å². The van der Waals surface area contributed by atoms with E-state index < -0.39 is 0 Å². The number of nitrogens with zero attached hydrogens (tertiary/aromatic N) is 1. The van der Waals surface area contributed by atoms with Crippen LogP contribution in [-0.2, 0) is 16.9 Å². The second-order valence-corrected chi connectivity index (χ2v) is 6.21. The van der Waals surface area contributed by atoms with Gasteiger partial charge in [0.05, 0.1) is 5.69 Å². The summed E-state index contributed by atoms with van der Waals surface area (Å²) in [5, 5.41) is 3.25. The molecule has 1 aromatic heterocycles. The van der Waals surface area contributed by atoms with E-state index >= 15 is 0 Å². The Morgan fingerprint density at radius 2 is 2.15 bits per heavy atom. The van der Waals surface area contributed by atoms with Gasteiger partial charge in [0.25, 0.3) is 0 Å². The molecule has 0 atom stereocenters. The molecule has 1 saturated carbocycles. The van der Waals surface area contributed by atoms with E-state index in [4.69, 9.17) is 15.5 Å². The molecule has 0 aliphatic heterocycles. The fourth-order valence-electron chi connectivity index (χ4n) is 2.92. The molecule has 0 unspecified atom stereocenters. The predicted octanol–water partition coefficient (Wildman–Crippen LogP) is 3.68. The maximum Gasteiger partial charge on any atom is 0.125 e. The fourth-order valence-corrected chi connectivity index (χ4v) is 3.99. The molecular formula is C16H20N2OS. The molecule has 2 N–H and O–H groups in total. The molecule has 106 valence electrons. The van der Waals surface area contributed by atoms with E-state index in [1.807, 2.05) is 12.1 Å². The topological polar surface area (TPSA) is 48.1 Å². The van der Waals surface area contributed by atoms with Gasteiger partial charge in [-0.15, -0.1) is 11.3 Å². The summed E-state index contributed by atoms with van der Waals surface area (Å²) in [7, 11) is 1.81. The number of aromatic nitrogens is 1. The highest BCUT2D eigenvalue weighted by Crippen LogP contribution is 2.43. The van der Waals surface area contributed by atoms with Crippen molar-refractivity contribution in [2.24, 2.45) is 5.73 Å². The summed E-state index contributed by atoms with van der Waals surface area (Å²) in [6, 6.07) is 8.29. The molecule has 0 bridgehead atoms. The van der Waals surface area contributed by atoms with Crippen molar-refractivity contribution in [3.63, 3.8) is 0 Å². The Labute approximate surface area is 123 Å². The summed E-state index contributed by atoms with van der Waals surface area (Å²) in [6.07, 6.45) is 4.62. The van der Waals surface area contributed by atoms with Gasteiger partial charge in [-0.3, -0.25) is 0 Å². The lowest BCUT2D eigenvalue weighted by molar-refractivity contribution is -0.00879. The lowest BCUT2D eigenvalue weighted by Gasteiger charge is -2.24. The van der Waals surface area contributed by atoms with Gasteiger partial charge in [-0.2, -0.15) is 0 Å². The minimum atomic E-state index is -0.144. The average molecular weight is 288 g/mol. The van der Waals surface area contributed by atoms with E-state index in [1.165, 1.54) is 12.8 Å². The molecule has 0 radical (unpaired) electrons. The summed E-state index contributed by atoms with van der Waals surface area (Å²) >= 11 is 1.71. The molecule has 3 nitrogen and oxygen atoms in total. The van der Waals surface area contributed by atoms with Crippen LogP contribution in [0.25, 0.3) is 11.3 Å². The molecule has 0 amide bonds. The van der Waals surface area contributed by atoms with Crippen molar-refractivity contribution < 1.29 is 4.74 Å². The quantitative estimate of drug-likeness (QED) is 0.933. The zero-order chi connectivity index (χ0) is 14.0. The van der Waals surface area contributed by atoms with E-state index in [0.29, 0.717) is 6.54 Å². The van der Waals surface area contributed by atoms with Gasteiger partial charge >= 0.3 is 0 Å². The smallest absolute Gasteiger partial charge is 0.125 e. The number of hydrogen-bond donors (Lipinski definition) is 1. The molecular weight excluding hydrogens is 268 g/mol. The minimum absolute atomic E-state index is 0.144. The monoisotopic (exact) mass is 288 g/mol. The van der Waals surface area contributed by atoms with Crippen molar-refractivity contribution in [2.75, 3.05) is 7.11 Å². The van der Waals surface area contributed by atoms with E-state index in [-0.39, 0.29) is 5.60 Å². The molecule has 1 heterocycles. The second-order valence-electron chi connectivity index (χ2n) is 5.35. The molecule has 2 aromatic rings.